The first kappa shape index (κ1) is 24.9. The van der Waals surface area contributed by atoms with Crippen molar-refractivity contribution in [2.24, 2.45) is 0 Å². The molecular weight excluding hydrogens is 479 g/mol. The van der Waals surface area contributed by atoms with Crippen LogP contribution >= 0.6 is 0 Å². The van der Waals surface area contributed by atoms with E-state index in [0.29, 0.717) is 27.8 Å². The maximum atomic E-state index is 13.5. The van der Waals surface area contributed by atoms with Gasteiger partial charge in [0, 0.05) is 18.0 Å². The van der Waals surface area contributed by atoms with Gasteiger partial charge < -0.3 is 10.6 Å². The second-order valence-electron chi connectivity index (χ2n) is 9.57. The Morgan fingerprint density at radius 3 is 2.24 bits per heavy atom. The van der Waals surface area contributed by atoms with E-state index >= 15 is 0 Å². The molecule has 5 rings (SSSR count). The first-order valence-corrected chi connectivity index (χ1v) is 12.3. The number of carbonyl (C=O) groups excluding carboxylic acids is 2. The summed E-state index contributed by atoms with van der Waals surface area (Å²) in [5, 5.41) is 11.0. The van der Waals surface area contributed by atoms with E-state index in [1.807, 2.05) is 80.6 Å². The summed E-state index contributed by atoms with van der Waals surface area (Å²) < 4.78 is 15.0. The van der Waals surface area contributed by atoms with E-state index in [1.165, 1.54) is 16.8 Å². The smallest absolute Gasteiger partial charge is 0.270 e. The average molecular weight is 507 g/mol. The summed E-state index contributed by atoms with van der Waals surface area (Å²) in [6, 6.07) is 28.6. The number of halogens is 1. The van der Waals surface area contributed by atoms with Crippen LogP contribution in [0, 0.1) is 5.82 Å². The van der Waals surface area contributed by atoms with E-state index in [2.05, 4.69) is 15.7 Å². The van der Waals surface area contributed by atoms with Crippen LogP contribution in [-0.2, 0) is 5.54 Å². The van der Waals surface area contributed by atoms with Crippen molar-refractivity contribution in [3.63, 3.8) is 0 Å². The quantitative estimate of drug-likeness (QED) is 0.303. The molecule has 6 nitrogen and oxygen atoms in total. The zero-order chi connectivity index (χ0) is 26.9. The van der Waals surface area contributed by atoms with Crippen LogP contribution in [0.1, 0.15) is 40.3 Å². The molecule has 0 aliphatic carbocycles. The average Bonchev–Trinajstić information content (AvgIpc) is 3.32. The monoisotopic (exact) mass is 506 g/mol. The lowest BCUT2D eigenvalue weighted by Crippen LogP contribution is -2.40. The Balaban J connectivity index is 1.52. The van der Waals surface area contributed by atoms with Gasteiger partial charge in [0.05, 0.1) is 16.7 Å². The zero-order valence-electron chi connectivity index (χ0n) is 21.3. The summed E-state index contributed by atoms with van der Waals surface area (Å²) in [7, 11) is 1.55. The van der Waals surface area contributed by atoms with Crippen LogP contribution in [0.4, 0.5) is 4.39 Å². The Bertz CT molecular complexity index is 1640. The topological polar surface area (TPSA) is 76.0 Å². The van der Waals surface area contributed by atoms with Gasteiger partial charge in [-0.25, -0.2) is 9.07 Å². The van der Waals surface area contributed by atoms with Crippen molar-refractivity contribution >= 4 is 22.7 Å². The number of hydrogen-bond donors (Lipinski definition) is 2. The van der Waals surface area contributed by atoms with Crippen LogP contribution < -0.4 is 10.6 Å². The van der Waals surface area contributed by atoms with Gasteiger partial charge in [-0.1, -0.05) is 48.5 Å². The summed E-state index contributed by atoms with van der Waals surface area (Å²) in [5.41, 5.74) is 4.18. The van der Waals surface area contributed by atoms with Crippen molar-refractivity contribution < 1.29 is 14.0 Å². The van der Waals surface area contributed by atoms with Crippen molar-refractivity contribution in [3.8, 4) is 16.8 Å². The van der Waals surface area contributed by atoms with Gasteiger partial charge >= 0.3 is 0 Å². The number of hydrogen-bond acceptors (Lipinski definition) is 3. The highest BCUT2D eigenvalue weighted by atomic mass is 19.1. The molecule has 0 saturated carbocycles. The number of amides is 2. The molecule has 0 bridgehead atoms. The number of nitrogens with one attached hydrogen (secondary N) is 2. The third-order valence-electron chi connectivity index (χ3n) is 6.56. The number of rotatable bonds is 6. The van der Waals surface area contributed by atoms with Crippen LogP contribution in [0.3, 0.4) is 0 Å². The lowest BCUT2D eigenvalue weighted by atomic mass is 9.93. The summed E-state index contributed by atoms with van der Waals surface area (Å²) in [6.07, 6.45) is 0. The Hall–Kier alpha value is -4.78. The molecule has 0 aliphatic rings. The number of carbonyl (C=O) groups is 2. The predicted molar refractivity (Wildman–Crippen MR) is 147 cm³/mol. The highest BCUT2D eigenvalue weighted by Gasteiger charge is 2.24. The Kier molecular flexibility index (Phi) is 6.51. The van der Waals surface area contributed by atoms with Crippen LogP contribution in [0.15, 0.2) is 97.1 Å². The summed E-state index contributed by atoms with van der Waals surface area (Å²) in [5.74, 6) is -0.868. The number of benzene rings is 4. The molecule has 5 aromatic rings. The lowest BCUT2D eigenvalue weighted by Gasteiger charge is -2.27. The Morgan fingerprint density at radius 1 is 0.816 bits per heavy atom. The molecule has 0 atom stereocenters. The van der Waals surface area contributed by atoms with Crippen LogP contribution in [-0.4, -0.2) is 28.6 Å². The first-order chi connectivity index (χ1) is 18.3. The van der Waals surface area contributed by atoms with Crippen LogP contribution in [0.2, 0.25) is 0 Å². The highest BCUT2D eigenvalue weighted by molar-refractivity contribution is 6.06. The molecule has 1 heterocycles. The second kappa shape index (κ2) is 9.94. The van der Waals surface area contributed by atoms with E-state index in [0.717, 1.165) is 16.7 Å². The van der Waals surface area contributed by atoms with Gasteiger partial charge in [0.2, 0.25) is 0 Å². The molecule has 2 amide bonds. The van der Waals surface area contributed by atoms with Gasteiger partial charge in [-0.05, 0) is 79.1 Å². The van der Waals surface area contributed by atoms with Gasteiger partial charge in [0.15, 0.2) is 0 Å². The second-order valence-corrected chi connectivity index (χ2v) is 9.57. The first-order valence-electron chi connectivity index (χ1n) is 12.3. The molecular formula is C31H27FN4O2. The Morgan fingerprint density at radius 2 is 1.53 bits per heavy atom. The molecule has 190 valence electrons. The fraction of sp³-hybridized carbons (Fsp3) is 0.129. The molecule has 0 radical (unpaired) electrons. The van der Waals surface area contributed by atoms with Gasteiger partial charge in [-0.3, -0.25) is 9.59 Å². The SMILES string of the molecule is CNC(=O)c1c2cc(-c3cccc(C(=O)NC(C)(C)c4ccccc4)c3)ccc2nn1-c1ccc(F)cc1. The van der Waals surface area contributed by atoms with Crippen molar-refractivity contribution in [1.29, 1.82) is 0 Å². The van der Waals surface area contributed by atoms with E-state index in [4.69, 9.17) is 0 Å². The van der Waals surface area contributed by atoms with E-state index in [-0.39, 0.29) is 17.6 Å². The van der Waals surface area contributed by atoms with Gasteiger partial charge in [-0.15, -0.1) is 0 Å². The predicted octanol–water partition coefficient (Wildman–Crippen LogP) is 5.86. The van der Waals surface area contributed by atoms with Gasteiger partial charge in [-0.2, -0.15) is 5.10 Å². The van der Waals surface area contributed by atoms with Gasteiger partial charge in [0.1, 0.15) is 11.5 Å². The minimum absolute atomic E-state index is 0.183. The highest BCUT2D eigenvalue weighted by Crippen LogP contribution is 2.29. The van der Waals surface area contributed by atoms with E-state index in [1.54, 1.807) is 25.2 Å². The zero-order valence-corrected chi connectivity index (χ0v) is 21.3. The summed E-state index contributed by atoms with van der Waals surface area (Å²) in [4.78, 5) is 26.1. The molecule has 0 spiro atoms. The molecule has 7 heteroatoms. The summed E-state index contributed by atoms with van der Waals surface area (Å²) >= 11 is 0. The largest absolute Gasteiger partial charge is 0.354 e. The van der Waals surface area contributed by atoms with Crippen LogP contribution in [0.5, 0.6) is 0 Å². The van der Waals surface area contributed by atoms with Crippen molar-refractivity contribution in [2.75, 3.05) is 7.05 Å². The number of aromatic nitrogens is 2. The van der Waals surface area contributed by atoms with Crippen molar-refractivity contribution in [1.82, 2.24) is 20.4 Å². The molecule has 0 fully saturated rings. The van der Waals surface area contributed by atoms with Crippen LogP contribution in [0.25, 0.3) is 27.7 Å². The molecule has 0 unspecified atom stereocenters. The third-order valence-corrected chi connectivity index (χ3v) is 6.56. The maximum absolute atomic E-state index is 13.5. The minimum atomic E-state index is -0.551. The molecule has 2 N–H and O–H groups in total. The third kappa shape index (κ3) is 4.78. The maximum Gasteiger partial charge on any atom is 0.270 e. The molecule has 1 aromatic heterocycles. The fourth-order valence-electron chi connectivity index (χ4n) is 4.49. The summed E-state index contributed by atoms with van der Waals surface area (Å²) in [6.45, 7) is 3.94. The van der Waals surface area contributed by atoms with Crippen molar-refractivity contribution in [2.45, 2.75) is 19.4 Å². The standard InChI is InChI=1S/C31H27FN4O2/c1-31(2,23-10-5-4-6-11-23)34-29(37)22-9-7-8-20(18-22)21-12-17-27-26(19-21)28(30(38)33-3)36(35-27)25-15-13-24(32)14-16-25/h4-19H,1-3H3,(H,33,38)(H,34,37). The van der Waals surface area contributed by atoms with Gasteiger partial charge in [0.25, 0.3) is 11.8 Å². The number of nitrogens with zero attached hydrogens (tertiary/aromatic N) is 2. The van der Waals surface area contributed by atoms with E-state index < -0.39 is 5.54 Å². The fourth-order valence-corrected chi connectivity index (χ4v) is 4.49. The van der Waals surface area contributed by atoms with E-state index in [9.17, 15) is 14.0 Å². The molecule has 4 aromatic carbocycles. The molecule has 0 saturated heterocycles. The lowest BCUT2D eigenvalue weighted by molar-refractivity contribution is 0.0910. The normalized spacial score (nSPS) is 11.4. The minimum Gasteiger partial charge on any atom is -0.354 e. The van der Waals surface area contributed by atoms with Crippen molar-refractivity contribution in [3.05, 3.63) is 120 Å². The molecule has 38 heavy (non-hydrogen) atoms. The molecule has 0 aliphatic heterocycles. The number of fused-ring (bicyclic) bond motifs is 1. The Labute approximate surface area is 220 Å².